The molecule has 0 radical (unpaired) electrons. The van der Waals surface area contributed by atoms with Crippen LogP contribution >= 0.6 is 97.1 Å². The van der Waals surface area contributed by atoms with E-state index < -0.39 is 61.9 Å². The summed E-state index contributed by atoms with van der Waals surface area (Å²) in [6.07, 6.45) is 0. The molecule has 0 N–H and O–H groups in total. The van der Waals surface area contributed by atoms with Crippen LogP contribution in [0.3, 0.4) is 0 Å². The molecule has 1 heterocycles. The van der Waals surface area contributed by atoms with Crippen molar-refractivity contribution < 1.29 is 28.7 Å². The Labute approximate surface area is 310 Å². The van der Waals surface area contributed by atoms with Crippen molar-refractivity contribution in [2.45, 2.75) is 14.1 Å². The number of hydrogen-bond donors (Lipinski definition) is 0. The Morgan fingerprint density at radius 1 is 0.766 bits per heavy atom. The Kier molecular flexibility index (Phi) is 8.97. The number of carbonyl (C=O) groups is 5. The van der Waals surface area contributed by atoms with Crippen LogP contribution in [0.1, 0.15) is 31.1 Å². The lowest BCUT2D eigenvalue weighted by molar-refractivity contribution is -0.154. The molecule has 3 aromatic carbocycles. The third-order valence-corrected chi connectivity index (χ3v) is 13.3. The molecule has 6 rings (SSSR count). The fourth-order valence-corrected chi connectivity index (χ4v) is 9.32. The summed E-state index contributed by atoms with van der Waals surface area (Å²) in [4.78, 5) is 64.0. The average Bonchev–Trinajstić information content (AvgIpc) is 3.43. The van der Waals surface area contributed by atoms with Crippen LogP contribution in [0.2, 0.25) is 5.02 Å². The van der Waals surface area contributed by atoms with Crippen LogP contribution in [0.4, 0.5) is 0 Å². The van der Waals surface area contributed by atoms with Gasteiger partial charge < -0.3 is 4.74 Å². The van der Waals surface area contributed by atoms with Crippen molar-refractivity contribution in [2.24, 2.45) is 11.8 Å². The number of carbonyl (C=O) groups excluding carboxylic acids is 5. The summed E-state index contributed by atoms with van der Waals surface area (Å²) in [5, 5.41) is 0.503. The van der Waals surface area contributed by atoms with Gasteiger partial charge in [-0.05, 0) is 60.7 Å². The van der Waals surface area contributed by atoms with Crippen molar-refractivity contribution in [2.75, 3.05) is 6.54 Å². The minimum absolute atomic E-state index is 0.0119. The third kappa shape index (κ3) is 5.04. The van der Waals surface area contributed by atoms with Gasteiger partial charge in [0.15, 0.2) is 10.1 Å². The molecule has 4 atom stereocenters. The van der Waals surface area contributed by atoms with E-state index >= 15 is 0 Å². The average molecular weight is 841 g/mol. The molecule has 0 spiro atoms. The maximum atomic E-state index is 14.1. The largest absolute Gasteiger partial charge is 0.423 e. The zero-order valence-corrected chi connectivity index (χ0v) is 30.0. The molecule has 8 nitrogen and oxygen atoms in total. The van der Waals surface area contributed by atoms with Crippen molar-refractivity contribution in [3.8, 4) is 5.75 Å². The van der Waals surface area contributed by atoms with Crippen LogP contribution in [0.5, 0.6) is 5.75 Å². The Morgan fingerprint density at radius 3 is 1.81 bits per heavy atom. The molecular formula is C31H16BrCl7N2O6. The lowest BCUT2D eigenvalue weighted by atomic mass is 9.84. The van der Waals surface area contributed by atoms with E-state index in [4.69, 9.17) is 85.9 Å². The van der Waals surface area contributed by atoms with E-state index in [1.165, 1.54) is 42.5 Å². The van der Waals surface area contributed by atoms with Crippen LogP contribution in [-0.4, -0.2) is 60.1 Å². The SMILES string of the molecule is O=C(CN(C(=O)c1ccccc1Cl)N1C(=O)[C@@H]2[C@H](C1=O)[C@@]1(Cl)C(Cl)=C(Cl)[C@@]2(Cl)C1(Cl)Cl)c1ccc(OC(=O)c2ccc(Br)cc2)cc1. The number of amides is 3. The van der Waals surface area contributed by atoms with Crippen molar-refractivity contribution in [3.05, 3.63) is 109 Å². The monoisotopic (exact) mass is 836 g/mol. The van der Waals surface area contributed by atoms with Gasteiger partial charge >= 0.3 is 5.97 Å². The van der Waals surface area contributed by atoms with Gasteiger partial charge in [0.2, 0.25) is 0 Å². The van der Waals surface area contributed by atoms with Gasteiger partial charge in [-0.3, -0.25) is 19.2 Å². The minimum Gasteiger partial charge on any atom is -0.423 e. The Balaban J connectivity index is 1.31. The second-order valence-electron chi connectivity index (χ2n) is 10.8. The van der Waals surface area contributed by atoms with Gasteiger partial charge in [0.1, 0.15) is 22.0 Å². The molecule has 242 valence electrons. The van der Waals surface area contributed by atoms with Gasteiger partial charge in [-0.15, -0.1) is 23.2 Å². The summed E-state index contributed by atoms with van der Waals surface area (Å²) in [6, 6.07) is 17.8. The molecule has 47 heavy (non-hydrogen) atoms. The number of imide groups is 1. The second kappa shape index (κ2) is 12.2. The summed E-state index contributed by atoms with van der Waals surface area (Å²) < 4.78 is 3.97. The number of ketones is 1. The quantitative estimate of drug-likeness (QED) is 0.0787. The summed E-state index contributed by atoms with van der Waals surface area (Å²) in [7, 11) is 0. The number of nitrogens with zero attached hydrogens (tertiary/aromatic N) is 2. The highest BCUT2D eigenvalue weighted by Crippen LogP contribution is 2.77. The van der Waals surface area contributed by atoms with Crippen LogP contribution in [0, 0.1) is 11.8 Å². The first kappa shape index (κ1) is 34.5. The Bertz CT molecular complexity index is 1880. The maximum absolute atomic E-state index is 14.1. The normalized spacial score (nSPS) is 25.7. The number of Topliss-reactive ketones (excluding diaryl/α,β-unsaturated/α-hetero) is 1. The van der Waals surface area contributed by atoms with E-state index in [1.54, 1.807) is 30.3 Å². The van der Waals surface area contributed by atoms with E-state index in [1.807, 2.05) is 0 Å². The lowest BCUT2D eigenvalue weighted by Crippen LogP contribution is -2.56. The number of ether oxygens (including phenoxy) is 1. The van der Waals surface area contributed by atoms with E-state index in [-0.39, 0.29) is 32.0 Å². The standard InChI is InChI=1S/C31H16BrCl7N2O6/c32-16-9-5-15(6-10-16)28(46)47-17-11-7-14(8-12-17)20(42)13-40(25(43)18-3-1-2-4-19(18)33)41-26(44)21-22(27(41)45)30(37)24(35)23(34)29(21,36)31(30,38)39/h1-12,21-22H,13H2/t21-,22+,29-,30-/m1/s1. The predicted octanol–water partition coefficient (Wildman–Crippen LogP) is 8.01. The number of halogens is 8. The zero-order chi connectivity index (χ0) is 34.2. The predicted molar refractivity (Wildman–Crippen MR) is 182 cm³/mol. The summed E-state index contributed by atoms with van der Waals surface area (Å²) in [6.45, 7) is -0.814. The number of alkyl halides is 4. The first-order chi connectivity index (χ1) is 22.1. The van der Waals surface area contributed by atoms with E-state index in [0.717, 1.165) is 4.47 Å². The smallest absolute Gasteiger partial charge is 0.343 e. The third-order valence-electron chi connectivity index (χ3n) is 8.23. The molecule has 1 saturated carbocycles. The minimum atomic E-state index is -2.19. The summed E-state index contributed by atoms with van der Waals surface area (Å²) >= 11 is 49.2. The molecule has 3 aliphatic rings. The number of benzene rings is 3. The molecule has 2 bridgehead atoms. The van der Waals surface area contributed by atoms with E-state index in [2.05, 4.69) is 15.9 Å². The second-order valence-corrected chi connectivity index (χ2v) is 15.4. The highest BCUT2D eigenvalue weighted by molar-refractivity contribution is 9.10. The molecular weight excluding hydrogens is 824 g/mol. The van der Waals surface area contributed by atoms with Gasteiger partial charge in [0, 0.05) is 10.0 Å². The lowest BCUT2D eigenvalue weighted by Gasteiger charge is -2.36. The number of hydrazine groups is 1. The van der Waals surface area contributed by atoms with Gasteiger partial charge in [-0.2, -0.15) is 5.01 Å². The number of rotatable bonds is 7. The van der Waals surface area contributed by atoms with Crippen LogP contribution in [-0.2, 0) is 9.59 Å². The number of allylic oxidation sites excluding steroid dienone is 2. The van der Waals surface area contributed by atoms with Crippen LogP contribution in [0.25, 0.3) is 0 Å². The van der Waals surface area contributed by atoms with Crippen molar-refractivity contribution in [1.29, 1.82) is 0 Å². The van der Waals surface area contributed by atoms with Crippen molar-refractivity contribution in [3.63, 3.8) is 0 Å². The fraction of sp³-hybridized carbons (Fsp3) is 0.194. The highest BCUT2D eigenvalue weighted by Gasteiger charge is 2.88. The first-order valence-electron chi connectivity index (χ1n) is 13.4. The summed E-state index contributed by atoms with van der Waals surface area (Å²) in [5.41, 5.74) is 0.244. The van der Waals surface area contributed by atoms with Gasteiger partial charge in [0.05, 0.1) is 38.0 Å². The van der Waals surface area contributed by atoms with Gasteiger partial charge in [-0.25, -0.2) is 9.80 Å². The Hall–Kier alpha value is -2.34. The highest BCUT2D eigenvalue weighted by atomic mass is 79.9. The molecule has 1 aliphatic heterocycles. The Morgan fingerprint density at radius 2 is 1.28 bits per heavy atom. The molecule has 0 aromatic heterocycles. The van der Waals surface area contributed by atoms with E-state index in [9.17, 15) is 24.0 Å². The van der Waals surface area contributed by atoms with Gasteiger partial charge in [-0.1, -0.05) is 86.1 Å². The number of hydrogen-bond acceptors (Lipinski definition) is 6. The van der Waals surface area contributed by atoms with E-state index in [0.29, 0.717) is 15.6 Å². The molecule has 3 aromatic rings. The van der Waals surface area contributed by atoms with Crippen LogP contribution < -0.4 is 4.74 Å². The van der Waals surface area contributed by atoms with Gasteiger partial charge in [0.25, 0.3) is 17.7 Å². The zero-order valence-electron chi connectivity index (χ0n) is 23.2. The topological polar surface area (TPSA) is 101 Å². The molecule has 16 heteroatoms. The molecule has 2 aliphatic carbocycles. The maximum Gasteiger partial charge on any atom is 0.343 e. The van der Waals surface area contributed by atoms with Crippen LogP contribution in [0.15, 0.2) is 87.3 Å². The molecule has 0 unspecified atom stereocenters. The molecule has 3 amide bonds. The van der Waals surface area contributed by atoms with Crippen molar-refractivity contribution >= 4 is 127 Å². The first-order valence-corrected chi connectivity index (χ1v) is 16.9. The molecule has 1 saturated heterocycles. The molecule has 2 fully saturated rings. The fourth-order valence-electron chi connectivity index (χ4n) is 5.91. The van der Waals surface area contributed by atoms with Crippen molar-refractivity contribution in [1.82, 2.24) is 10.0 Å². The number of esters is 1. The summed E-state index contributed by atoms with van der Waals surface area (Å²) in [5.74, 6) is -7.30. The number of fused-ring (bicyclic) bond motifs is 5.